The van der Waals surface area contributed by atoms with Crippen molar-refractivity contribution in [1.29, 1.82) is 0 Å². The lowest BCUT2D eigenvalue weighted by molar-refractivity contribution is -0.158. The van der Waals surface area contributed by atoms with E-state index in [0.29, 0.717) is 11.3 Å². The van der Waals surface area contributed by atoms with Crippen molar-refractivity contribution in [2.75, 3.05) is 6.61 Å². The van der Waals surface area contributed by atoms with Crippen LogP contribution in [0.5, 0.6) is 0 Å². The van der Waals surface area contributed by atoms with E-state index in [1.165, 1.54) is 6.08 Å². The molecule has 1 aromatic carbocycles. The third-order valence-electron chi connectivity index (χ3n) is 5.48. The zero-order chi connectivity index (χ0) is 20.7. The second-order valence-corrected chi connectivity index (χ2v) is 8.75. The van der Waals surface area contributed by atoms with Gasteiger partial charge in [0.25, 0.3) is 5.56 Å². The molecule has 3 atom stereocenters. The van der Waals surface area contributed by atoms with Crippen molar-refractivity contribution in [1.82, 2.24) is 10.2 Å². The number of H-pyrrole nitrogens is 2. The molecule has 3 N–H and O–H groups in total. The fourth-order valence-electron chi connectivity index (χ4n) is 4.04. The minimum atomic E-state index is -1.37. The van der Waals surface area contributed by atoms with Gasteiger partial charge in [-0.15, -0.1) is 0 Å². The van der Waals surface area contributed by atoms with Gasteiger partial charge in [-0.25, -0.2) is 0 Å². The Labute approximate surface area is 164 Å². The van der Waals surface area contributed by atoms with Gasteiger partial charge < -0.3 is 14.9 Å². The highest BCUT2D eigenvalue weighted by Gasteiger charge is 2.51. The predicted octanol–water partition coefficient (Wildman–Crippen LogP) is 2.78. The maximum atomic E-state index is 12.9. The van der Waals surface area contributed by atoms with E-state index < -0.39 is 23.4 Å². The van der Waals surface area contributed by atoms with Gasteiger partial charge in [0, 0.05) is 23.6 Å². The summed E-state index contributed by atoms with van der Waals surface area (Å²) in [5, 5.41) is 16.6. The molecule has 0 amide bonds. The van der Waals surface area contributed by atoms with Crippen molar-refractivity contribution in [2.24, 2.45) is 5.92 Å². The van der Waals surface area contributed by atoms with E-state index in [4.69, 9.17) is 4.74 Å². The number of aliphatic hydroxyl groups is 1. The van der Waals surface area contributed by atoms with Crippen LogP contribution in [0.2, 0.25) is 0 Å². The fourth-order valence-corrected chi connectivity index (χ4v) is 4.04. The van der Waals surface area contributed by atoms with Gasteiger partial charge in [0.15, 0.2) is 0 Å². The Morgan fingerprint density at radius 3 is 2.54 bits per heavy atom. The Bertz CT molecular complexity index is 929. The molecule has 0 spiro atoms. The average molecular weight is 384 g/mol. The number of carbonyl (C=O) groups excluding carboxylic acids is 1. The molecule has 150 valence electrons. The van der Waals surface area contributed by atoms with Gasteiger partial charge in [-0.05, 0) is 23.5 Å². The van der Waals surface area contributed by atoms with Crippen LogP contribution in [0.1, 0.15) is 56.0 Å². The normalized spacial score (nSPS) is 24.5. The van der Waals surface area contributed by atoms with Crippen LogP contribution >= 0.6 is 0 Å². The van der Waals surface area contributed by atoms with Crippen LogP contribution in [0.25, 0.3) is 0 Å². The smallest absolute Gasteiger partial charge is 0.313 e. The first-order valence-electron chi connectivity index (χ1n) is 9.46. The van der Waals surface area contributed by atoms with E-state index in [1.54, 1.807) is 6.92 Å². The zero-order valence-electron chi connectivity index (χ0n) is 16.8. The Kier molecular flexibility index (Phi) is 5.10. The number of hydrogen-bond donors (Lipinski definition) is 3. The van der Waals surface area contributed by atoms with E-state index in [1.807, 2.05) is 24.3 Å². The van der Waals surface area contributed by atoms with Crippen molar-refractivity contribution < 1.29 is 14.6 Å². The molecule has 0 radical (unpaired) electrons. The minimum absolute atomic E-state index is 0.0183. The molecule has 1 aliphatic rings. The number of hydrogen-bond acceptors (Lipinski definition) is 4. The third-order valence-corrected chi connectivity index (χ3v) is 5.48. The molecule has 28 heavy (non-hydrogen) atoms. The first-order chi connectivity index (χ1) is 13.1. The van der Waals surface area contributed by atoms with E-state index in [9.17, 15) is 14.7 Å². The van der Waals surface area contributed by atoms with Crippen LogP contribution in [0.15, 0.2) is 41.7 Å². The van der Waals surface area contributed by atoms with E-state index in [-0.39, 0.29) is 24.0 Å². The summed E-state index contributed by atoms with van der Waals surface area (Å²) in [6, 6.07) is 7.86. The summed E-state index contributed by atoms with van der Waals surface area (Å²) in [6.45, 7) is 11.6. The number of carbonyl (C=O) groups is 1. The summed E-state index contributed by atoms with van der Waals surface area (Å²) in [7, 11) is 0. The summed E-state index contributed by atoms with van der Waals surface area (Å²) in [4.78, 5) is 25.4. The van der Waals surface area contributed by atoms with Gasteiger partial charge in [0.05, 0.1) is 11.5 Å². The minimum Gasteiger partial charge on any atom is -0.461 e. The van der Waals surface area contributed by atoms with Crippen molar-refractivity contribution in [2.45, 2.75) is 51.0 Å². The van der Waals surface area contributed by atoms with Crippen molar-refractivity contribution in [3.05, 3.63) is 69.7 Å². The van der Waals surface area contributed by atoms with Gasteiger partial charge in [-0.1, -0.05) is 57.7 Å². The second-order valence-electron chi connectivity index (χ2n) is 8.75. The van der Waals surface area contributed by atoms with Crippen LogP contribution in [-0.4, -0.2) is 33.5 Å². The molecule has 1 aromatic heterocycles. The van der Waals surface area contributed by atoms with Crippen LogP contribution in [-0.2, 0) is 21.4 Å². The number of esters is 1. The number of fused-ring (bicyclic) bond motifs is 1. The molecular formula is C22H28N2O4. The van der Waals surface area contributed by atoms with Crippen molar-refractivity contribution in [3.8, 4) is 0 Å². The van der Waals surface area contributed by atoms with Gasteiger partial charge in [-0.3, -0.25) is 14.7 Å². The number of aromatic amines is 2. The molecule has 3 rings (SSSR count). The quantitative estimate of drug-likeness (QED) is 0.558. The lowest BCUT2D eigenvalue weighted by Crippen LogP contribution is -2.50. The van der Waals surface area contributed by atoms with E-state index in [2.05, 4.69) is 37.5 Å². The summed E-state index contributed by atoms with van der Waals surface area (Å²) in [5.74, 6) is -2.06. The number of ether oxygens (including phenoxy) is 1. The molecule has 0 bridgehead atoms. The summed E-state index contributed by atoms with van der Waals surface area (Å²) < 4.78 is 5.29. The topological polar surface area (TPSA) is 95.2 Å². The molecule has 0 saturated heterocycles. The Balaban J connectivity index is 2.14. The molecule has 0 fully saturated rings. The molecule has 2 aromatic rings. The first-order valence-corrected chi connectivity index (χ1v) is 9.46. The van der Waals surface area contributed by atoms with Gasteiger partial charge >= 0.3 is 5.97 Å². The van der Waals surface area contributed by atoms with Crippen molar-refractivity contribution >= 4 is 5.97 Å². The maximum Gasteiger partial charge on any atom is 0.313 e. The Hall–Kier alpha value is -2.60. The standard InChI is InChI=1S/C22H28N2O4/c1-6-11-28-20(26)18-16(13-7-9-14(10-8-13)21(2,3)4)17-15(12-22(18,5)27)23-24-19(17)25/h6-10,16,18,27H,1,11-12H2,2-5H3,(H2,23,24,25). The summed E-state index contributed by atoms with van der Waals surface area (Å²) >= 11 is 0. The third kappa shape index (κ3) is 3.56. The summed E-state index contributed by atoms with van der Waals surface area (Å²) in [6.07, 6.45) is 1.64. The molecule has 6 heteroatoms. The fraction of sp³-hybridized carbons (Fsp3) is 0.455. The molecular weight excluding hydrogens is 356 g/mol. The monoisotopic (exact) mass is 384 g/mol. The van der Waals surface area contributed by atoms with Gasteiger partial charge in [0.1, 0.15) is 6.61 Å². The van der Waals surface area contributed by atoms with Crippen LogP contribution < -0.4 is 5.56 Å². The molecule has 0 aliphatic heterocycles. The second kappa shape index (κ2) is 7.09. The van der Waals surface area contributed by atoms with Crippen LogP contribution in [0, 0.1) is 5.92 Å². The predicted molar refractivity (Wildman–Crippen MR) is 107 cm³/mol. The maximum absolute atomic E-state index is 12.9. The SMILES string of the molecule is C=CCOC(=O)C1C(c2ccc(C(C)(C)C)cc2)c2c([nH][nH]c2=O)CC1(C)O. The lowest BCUT2D eigenvalue weighted by Gasteiger charge is -2.40. The molecule has 6 nitrogen and oxygen atoms in total. The highest BCUT2D eigenvalue weighted by molar-refractivity contribution is 5.77. The Morgan fingerprint density at radius 1 is 1.32 bits per heavy atom. The van der Waals surface area contributed by atoms with Crippen LogP contribution in [0.4, 0.5) is 0 Å². The largest absolute Gasteiger partial charge is 0.461 e. The number of rotatable bonds is 4. The molecule has 1 aliphatic carbocycles. The van der Waals surface area contributed by atoms with E-state index >= 15 is 0 Å². The summed E-state index contributed by atoms with van der Waals surface area (Å²) in [5.41, 5.74) is 1.37. The Morgan fingerprint density at radius 2 is 1.96 bits per heavy atom. The zero-order valence-corrected chi connectivity index (χ0v) is 16.8. The number of benzene rings is 1. The first kappa shape index (κ1) is 20.1. The highest BCUT2D eigenvalue weighted by Crippen LogP contribution is 2.44. The molecule has 3 unspecified atom stereocenters. The highest BCUT2D eigenvalue weighted by atomic mass is 16.5. The van der Waals surface area contributed by atoms with Gasteiger partial charge in [-0.2, -0.15) is 0 Å². The molecule has 1 heterocycles. The number of nitrogens with one attached hydrogen (secondary N) is 2. The van der Waals surface area contributed by atoms with Gasteiger partial charge in [0.2, 0.25) is 0 Å². The van der Waals surface area contributed by atoms with E-state index in [0.717, 1.165) is 11.1 Å². The molecule has 0 saturated carbocycles. The van der Waals surface area contributed by atoms with Crippen molar-refractivity contribution in [3.63, 3.8) is 0 Å². The van der Waals surface area contributed by atoms with Crippen LogP contribution in [0.3, 0.4) is 0 Å². The number of aromatic nitrogens is 2. The lowest BCUT2D eigenvalue weighted by atomic mass is 9.66. The average Bonchev–Trinajstić information content (AvgIpc) is 2.97.